The highest BCUT2D eigenvalue weighted by molar-refractivity contribution is 5.87. The minimum Gasteiger partial charge on any atom is -0.376 e. The summed E-state index contributed by atoms with van der Waals surface area (Å²) in [7, 11) is 0. The molecule has 2 aliphatic heterocycles. The van der Waals surface area contributed by atoms with Crippen LogP contribution in [0.1, 0.15) is 5.56 Å². The molecule has 0 saturated heterocycles. The van der Waals surface area contributed by atoms with Crippen LogP contribution >= 0.6 is 0 Å². The number of ether oxygens (including phenoxy) is 1. The zero-order valence-electron chi connectivity index (χ0n) is 7.81. The van der Waals surface area contributed by atoms with Gasteiger partial charge in [0, 0.05) is 6.21 Å². The number of nitrogens with zero attached hydrogens (tertiary/aromatic N) is 1. The van der Waals surface area contributed by atoms with Crippen molar-refractivity contribution >= 4 is 11.9 Å². The topological polar surface area (TPSA) is 21.6 Å². The third-order valence-corrected chi connectivity index (χ3v) is 2.81. The molecule has 70 valence electrons. The molecule has 0 amide bonds. The zero-order valence-corrected chi connectivity index (χ0v) is 7.81. The molecule has 2 heterocycles. The Labute approximate surface area is 82.9 Å². The number of hydrogen-bond acceptors (Lipinski definition) is 2. The highest BCUT2D eigenvalue weighted by Crippen LogP contribution is 2.38. The van der Waals surface area contributed by atoms with Gasteiger partial charge in [0.15, 0.2) is 0 Å². The highest BCUT2D eigenvalue weighted by Gasteiger charge is 2.35. The van der Waals surface area contributed by atoms with E-state index < -0.39 is 0 Å². The van der Waals surface area contributed by atoms with Crippen molar-refractivity contribution in [1.29, 1.82) is 0 Å². The van der Waals surface area contributed by atoms with Gasteiger partial charge in [-0.2, -0.15) is 0 Å². The van der Waals surface area contributed by atoms with Crippen LogP contribution in [0.5, 0.6) is 0 Å². The second-order valence-corrected chi connectivity index (χ2v) is 3.73. The van der Waals surface area contributed by atoms with E-state index >= 15 is 0 Å². The maximum atomic E-state index is 5.49. The van der Waals surface area contributed by atoms with E-state index in [1.54, 1.807) is 0 Å². The first-order chi connectivity index (χ1) is 6.91. The van der Waals surface area contributed by atoms with Crippen molar-refractivity contribution in [2.75, 3.05) is 13.2 Å². The van der Waals surface area contributed by atoms with E-state index in [2.05, 4.69) is 29.3 Å². The van der Waals surface area contributed by atoms with Gasteiger partial charge in [-0.1, -0.05) is 30.4 Å². The SMILES string of the molecule is C1=CC2(C=Nc3ccccc32)COC1. The lowest BCUT2D eigenvalue weighted by atomic mass is 9.82. The lowest BCUT2D eigenvalue weighted by Gasteiger charge is -2.26. The van der Waals surface area contributed by atoms with Crippen LogP contribution in [0.4, 0.5) is 5.69 Å². The molecule has 0 radical (unpaired) electrons. The van der Waals surface area contributed by atoms with E-state index in [1.807, 2.05) is 18.3 Å². The average Bonchev–Trinajstić information content (AvgIpc) is 2.60. The third-order valence-electron chi connectivity index (χ3n) is 2.81. The Balaban J connectivity index is 2.16. The summed E-state index contributed by atoms with van der Waals surface area (Å²) in [4.78, 5) is 4.42. The first-order valence-corrected chi connectivity index (χ1v) is 4.81. The van der Waals surface area contributed by atoms with E-state index in [0.29, 0.717) is 6.61 Å². The van der Waals surface area contributed by atoms with Crippen molar-refractivity contribution in [1.82, 2.24) is 0 Å². The predicted octanol–water partition coefficient (Wildman–Crippen LogP) is 2.23. The predicted molar refractivity (Wildman–Crippen MR) is 56.2 cm³/mol. The molecule has 1 aromatic carbocycles. The number of para-hydroxylation sites is 1. The van der Waals surface area contributed by atoms with Crippen LogP contribution in [0.15, 0.2) is 41.4 Å². The second kappa shape index (κ2) is 2.79. The average molecular weight is 185 g/mol. The van der Waals surface area contributed by atoms with Gasteiger partial charge in [-0.15, -0.1) is 0 Å². The number of fused-ring (bicyclic) bond motifs is 2. The molecule has 14 heavy (non-hydrogen) atoms. The van der Waals surface area contributed by atoms with E-state index in [4.69, 9.17) is 4.74 Å². The van der Waals surface area contributed by atoms with Crippen LogP contribution in [-0.4, -0.2) is 19.4 Å². The molecule has 2 heteroatoms. The van der Waals surface area contributed by atoms with Gasteiger partial charge in [0.1, 0.15) is 0 Å². The molecule has 0 aliphatic carbocycles. The van der Waals surface area contributed by atoms with E-state index in [0.717, 1.165) is 12.3 Å². The summed E-state index contributed by atoms with van der Waals surface area (Å²) >= 11 is 0. The Morgan fingerprint density at radius 2 is 2.21 bits per heavy atom. The van der Waals surface area contributed by atoms with Crippen LogP contribution in [0.2, 0.25) is 0 Å². The standard InChI is InChI=1S/C12H11NO/c1-2-5-11-10(4-1)12(8-13-11)6-3-7-14-9-12/h1-6,8H,7,9H2. The monoisotopic (exact) mass is 185 g/mol. The van der Waals surface area contributed by atoms with Crippen LogP contribution in [0, 0.1) is 0 Å². The smallest absolute Gasteiger partial charge is 0.0741 e. The van der Waals surface area contributed by atoms with E-state index in [1.165, 1.54) is 5.56 Å². The van der Waals surface area contributed by atoms with Crippen molar-refractivity contribution < 1.29 is 4.74 Å². The molecule has 1 spiro atoms. The number of hydrogen-bond donors (Lipinski definition) is 0. The Hall–Kier alpha value is -1.41. The first kappa shape index (κ1) is 7.94. The van der Waals surface area contributed by atoms with Crippen LogP contribution in [0.25, 0.3) is 0 Å². The Bertz CT molecular complexity index is 422. The summed E-state index contributed by atoms with van der Waals surface area (Å²) in [5.41, 5.74) is 2.24. The molecule has 0 bridgehead atoms. The number of rotatable bonds is 0. The fourth-order valence-corrected chi connectivity index (χ4v) is 2.08. The van der Waals surface area contributed by atoms with Gasteiger partial charge in [-0.3, -0.25) is 4.99 Å². The highest BCUT2D eigenvalue weighted by atomic mass is 16.5. The fraction of sp³-hybridized carbons (Fsp3) is 0.250. The summed E-state index contributed by atoms with van der Waals surface area (Å²) in [5, 5.41) is 0. The molecule has 2 nitrogen and oxygen atoms in total. The molecule has 2 aliphatic rings. The molecule has 0 N–H and O–H groups in total. The molecule has 0 saturated carbocycles. The van der Waals surface area contributed by atoms with Crippen LogP contribution in [0.3, 0.4) is 0 Å². The summed E-state index contributed by atoms with van der Waals surface area (Å²) in [6.45, 7) is 1.43. The maximum Gasteiger partial charge on any atom is 0.0741 e. The first-order valence-electron chi connectivity index (χ1n) is 4.81. The lowest BCUT2D eigenvalue weighted by Crippen LogP contribution is -2.32. The number of aliphatic imine (C=N–C) groups is 1. The van der Waals surface area contributed by atoms with Gasteiger partial charge in [-0.05, 0) is 11.6 Å². The molecule has 1 atom stereocenters. The van der Waals surface area contributed by atoms with Crippen LogP contribution in [-0.2, 0) is 10.2 Å². The molecule has 1 unspecified atom stereocenters. The van der Waals surface area contributed by atoms with Crippen molar-refractivity contribution in [2.24, 2.45) is 4.99 Å². The van der Waals surface area contributed by atoms with E-state index in [9.17, 15) is 0 Å². The summed E-state index contributed by atoms with van der Waals surface area (Å²) < 4.78 is 5.49. The van der Waals surface area contributed by atoms with Gasteiger partial charge < -0.3 is 4.74 Å². The lowest BCUT2D eigenvalue weighted by molar-refractivity contribution is 0.133. The minimum absolute atomic E-state index is 0.0884. The Morgan fingerprint density at radius 3 is 3.07 bits per heavy atom. The minimum atomic E-state index is -0.0884. The van der Waals surface area contributed by atoms with Gasteiger partial charge in [0.25, 0.3) is 0 Å². The molecular formula is C12H11NO. The van der Waals surface area contributed by atoms with Gasteiger partial charge in [-0.25, -0.2) is 0 Å². The molecule has 1 aromatic rings. The second-order valence-electron chi connectivity index (χ2n) is 3.73. The Kier molecular flexibility index (Phi) is 1.58. The van der Waals surface area contributed by atoms with Crippen LogP contribution < -0.4 is 0 Å². The fourth-order valence-electron chi connectivity index (χ4n) is 2.08. The Morgan fingerprint density at radius 1 is 1.29 bits per heavy atom. The van der Waals surface area contributed by atoms with Crippen molar-refractivity contribution in [3.8, 4) is 0 Å². The quantitative estimate of drug-likeness (QED) is 0.568. The van der Waals surface area contributed by atoms with Crippen molar-refractivity contribution in [3.05, 3.63) is 42.0 Å². The van der Waals surface area contributed by atoms with Crippen molar-refractivity contribution in [2.45, 2.75) is 5.41 Å². The van der Waals surface area contributed by atoms with Gasteiger partial charge in [0.2, 0.25) is 0 Å². The largest absolute Gasteiger partial charge is 0.376 e. The summed E-state index contributed by atoms with van der Waals surface area (Å²) in [6.07, 6.45) is 6.26. The zero-order chi connectivity index (χ0) is 9.43. The summed E-state index contributed by atoms with van der Waals surface area (Å²) in [5.74, 6) is 0. The summed E-state index contributed by atoms with van der Waals surface area (Å²) in [6, 6.07) is 8.24. The third kappa shape index (κ3) is 0.976. The maximum absolute atomic E-state index is 5.49. The molecular weight excluding hydrogens is 174 g/mol. The molecule has 0 fully saturated rings. The normalized spacial score (nSPS) is 28.3. The molecule has 0 aromatic heterocycles. The number of benzene rings is 1. The molecule has 3 rings (SSSR count). The van der Waals surface area contributed by atoms with Crippen molar-refractivity contribution in [3.63, 3.8) is 0 Å². The van der Waals surface area contributed by atoms with E-state index in [-0.39, 0.29) is 5.41 Å². The van der Waals surface area contributed by atoms with Gasteiger partial charge >= 0.3 is 0 Å². The van der Waals surface area contributed by atoms with Gasteiger partial charge in [0.05, 0.1) is 24.3 Å².